The maximum Gasteiger partial charge on any atom is 0.346 e. The molecule has 0 spiro atoms. The fourth-order valence-electron chi connectivity index (χ4n) is 3.03. The largest absolute Gasteiger partial charge is 0.477 e. The van der Waals surface area contributed by atoms with Crippen molar-refractivity contribution >= 4 is 22.9 Å². The van der Waals surface area contributed by atoms with Crippen LogP contribution in [0.3, 0.4) is 0 Å². The number of unbranched alkanes of at least 4 members (excludes halogenated alkanes) is 1. The predicted molar refractivity (Wildman–Crippen MR) is 96.5 cm³/mol. The first-order chi connectivity index (χ1) is 11.6. The Morgan fingerprint density at radius 1 is 1.38 bits per heavy atom. The molecule has 24 heavy (non-hydrogen) atoms. The van der Waals surface area contributed by atoms with Crippen molar-refractivity contribution in [1.29, 1.82) is 5.26 Å². The van der Waals surface area contributed by atoms with Crippen LogP contribution in [0, 0.1) is 17.2 Å². The van der Waals surface area contributed by atoms with Gasteiger partial charge < -0.3 is 9.67 Å². The average Bonchev–Trinajstić information content (AvgIpc) is 2.93. The number of carboxylic acid groups (broad SMARTS) is 1. The van der Waals surface area contributed by atoms with E-state index in [1.165, 1.54) is 25.3 Å². The van der Waals surface area contributed by atoms with Gasteiger partial charge in [0.05, 0.1) is 0 Å². The molecule has 1 heterocycles. The van der Waals surface area contributed by atoms with Gasteiger partial charge in [0.2, 0.25) is 0 Å². The topological polar surface area (TPSA) is 66.0 Å². The molecule has 1 aromatic carbocycles. The second-order valence-electron chi connectivity index (χ2n) is 6.15. The number of aliphatic carboxylic acids is 1. The number of rotatable bonds is 8. The molecule has 4 heteroatoms. The number of nitrogens with zero attached hydrogens (tertiary/aromatic N) is 2. The van der Waals surface area contributed by atoms with Crippen LogP contribution in [0.1, 0.15) is 45.1 Å². The number of hydrogen-bond acceptors (Lipinski definition) is 2. The molecule has 1 aromatic heterocycles. The van der Waals surface area contributed by atoms with E-state index in [1.807, 2.05) is 30.5 Å². The Balaban J connectivity index is 2.42. The summed E-state index contributed by atoms with van der Waals surface area (Å²) in [7, 11) is 0. The molecule has 1 atom stereocenters. The monoisotopic (exact) mass is 324 g/mol. The molecule has 0 saturated carbocycles. The van der Waals surface area contributed by atoms with E-state index in [1.54, 1.807) is 6.07 Å². The number of nitriles is 1. The van der Waals surface area contributed by atoms with E-state index in [0.29, 0.717) is 5.92 Å². The molecule has 0 saturated heterocycles. The molecular formula is C20H24N2O2. The number of para-hydroxylation sites is 1. The normalized spacial score (nSPS) is 13.0. The number of benzene rings is 1. The van der Waals surface area contributed by atoms with E-state index in [9.17, 15) is 4.79 Å². The molecule has 0 bridgehead atoms. The Labute approximate surface area is 143 Å². The summed E-state index contributed by atoms with van der Waals surface area (Å²) in [6, 6.07) is 9.70. The fourth-order valence-corrected chi connectivity index (χ4v) is 3.03. The molecule has 126 valence electrons. The molecule has 1 unspecified atom stereocenters. The number of hydrogen-bond donors (Lipinski definition) is 1. The van der Waals surface area contributed by atoms with E-state index >= 15 is 0 Å². The van der Waals surface area contributed by atoms with E-state index < -0.39 is 5.97 Å². The zero-order valence-electron chi connectivity index (χ0n) is 14.3. The molecule has 0 amide bonds. The quantitative estimate of drug-likeness (QED) is 0.557. The lowest BCUT2D eigenvalue weighted by molar-refractivity contribution is -0.132. The van der Waals surface area contributed by atoms with Crippen molar-refractivity contribution in [2.45, 2.75) is 46.1 Å². The lowest BCUT2D eigenvalue weighted by atomic mass is 9.99. The van der Waals surface area contributed by atoms with E-state index in [0.717, 1.165) is 29.4 Å². The van der Waals surface area contributed by atoms with Crippen molar-refractivity contribution in [2.24, 2.45) is 5.92 Å². The molecule has 2 rings (SSSR count). The maximum atomic E-state index is 11.1. The Bertz CT molecular complexity index is 781. The van der Waals surface area contributed by atoms with Gasteiger partial charge in [0.15, 0.2) is 0 Å². The predicted octanol–water partition coefficient (Wildman–Crippen LogP) is 4.85. The van der Waals surface area contributed by atoms with Crippen LogP contribution in [0.15, 0.2) is 36.0 Å². The van der Waals surface area contributed by atoms with Gasteiger partial charge in [0.1, 0.15) is 11.6 Å². The number of carboxylic acids is 1. The molecule has 0 radical (unpaired) electrons. The smallest absolute Gasteiger partial charge is 0.346 e. The van der Waals surface area contributed by atoms with Gasteiger partial charge in [0.25, 0.3) is 0 Å². The minimum absolute atomic E-state index is 0.240. The van der Waals surface area contributed by atoms with Gasteiger partial charge in [-0.15, -0.1) is 0 Å². The summed E-state index contributed by atoms with van der Waals surface area (Å²) in [4.78, 5) is 11.1. The van der Waals surface area contributed by atoms with Crippen LogP contribution < -0.4 is 0 Å². The van der Waals surface area contributed by atoms with Crippen LogP contribution >= 0.6 is 0 Å². The van der Waals surface area contributed by atoms with Crippen molar-refractivity contribution in [1.82, 2.24) is 4.57 Å². The van der Waals surface area contributed by atoms with Gasteiger partial charge in [-0.1, -0.05) is 51.3 Å². The average molecular weight is 324 g/mol. The summed E-state index contributed by atoms with van der Waals surface area (Å²) in [5.74, 6) is -0.587. The Morgan fingerprint density at radius 2 is 2.12 bits per heavy atom. The highest BCUT2D eigenvalue weighted by molar-refractivity contribution is 6.00. The third kappa shape index (κ3) is 4.05. The van der Waals surface area contributed by atoms with Crippen molar-refractivity contribution < 1.29 is 9.90 Å². The van der Waals surface area contributed by atoms with Gasteiger partial charge in [-0.05, 0) is 24.5 Å². The second-order valence-corrected chi connectivity index (χ2v) is 6.15. The zero-order chi connectivity index (χ0) is 17.5. The minimum atomic E-state index is -1.19. The van der Waals surface area contributed by atoms with E-state index in [2.05, 4.69) is 18.4 Å². The second kappa shape index (κ2) is 8.35. The first-order valence-corrected chi connectivity index (χ1v) is 8.53. The van der Waals surface area contributed by atoms with E-state index in [4.69, 9.17) is 10.4 Å². The molecule has 1 N–H and O–H groups in total. The number of carbonyl (C=O) groups is 1. The maximum absolute atomic E-state index is 11.1. The molecule has 0 aliphatic heterocycles. The summed E-state index contributed by atoms with van der Waals surface area (Å²) in [6.45, 7) is 5.33. The van der Waals surface area contributed by atoms with Crippen LogP contribution in [0.25, 0.3) is 17.0 Å². The highest BCUT2D eigenvalue weighted by Gasteiger charge is 2.13. The first kappa shape index (κ1) is 17.8. The Kier molecular flexibility index (Phi) is 6.20. The van der Waals surface area contributed by atoms with Gasteiger partial charge in [-0.2, -0.15) is 5.26 Å². The summed E-state index contributed by atoms with van der Waals surface area (Å²) in [5, 5.41) is 19.1. The Hall–Kier alpha value is -2.54. The summed E-state index contributed by atoms with van der Waals surface area (Å²) < 4.78 is 2.20. The molecule has 4 nitrogen and oxygen atoms in total. The molecule has 2 aromatic rings. The number of aromatic nitrogens is 1. The van der Waals surface area contributed by atoms with Crippen molar-refractivity contribution in [3.8, 4) is 6.07 Å². The van der Waals surface area contributed by atoms with Crippen LogP contribution in [-0.2, 0) is 11.3 Å². The standard InChI is InChI=1S/C20H24N2O2/c1-3-5-8-15(4-2)13-22-14-17(11-16(12-21)20(23)24)18-9-6-7-10-19(18)22/h6-7,9-11,14-15H,3-5,8,13H2,1-2H3,(H,23,24)/b16-11+. The van der Waals surface area contributed by atoms with E-state index in [-0.39, 0.29) is 5.57 Å². The van der Waals surface area contributed by atoms with Gasteiger partial charge in [-0.25, -0.2) is 4.79 Å². The first-order valence-electron chi connectivity index (χ1n) is 8.53. The lowest BCUT2D eigenvalue weighted by Gasteiger charge is -2.16. The summed E-state index contributed by atoms with van der Waals surface area (Å²) in [5.41, 5.74) is 1.63. The summed E-state index contributed by atoms with van der Waals surface area (Å²) >= 11 is 0. The van der Waals surface area contributed by atoms with Crippen molar-refractivity contribution in [3.63, 3.8) is 0 Å². The van der Waals surface area contributed by atoms with Gasteiger partial charge in [-0.3, -0.25) is 0 Å². The third-order valence-corrected chi connectivity index (χ3v) is 4.47. The van der Waals surface area contributed by atoms with Crippen molar-refractivity contribution in [2.75, 3.05) is 0 Å². The highest BCUT2D eigenvalue weighted by Crippen LogP contribution is 2.26. The summed E-state index contributed by atoms with van der Waals surface area (Å²) in [6.07, 6.45) is 8.18. The Morgan fingerprint density at radius 3 is 2.75 bits per heavy atom. The van der Waals surface area contributed by atoms with Gasteiger partial charge in [0, 0.05) is 29.2 Å². The minimum Gasteiger partial charge on any atom is -0.477 e. The van der Waals surface area contributed by atoms with Crippen LogP contribution in [0.2, 0.25) is 0 Å². The number of fused-ring (bicyclic) bond motifs is 1. The lowest BCUT2D eigenvalue weighted by Crippen LogP contribution is -2.09. The van der Waals surface area contributed by atoms with Crippen molar-refractivity contribution in [3.05, 3.63) is 41.6 Å². The highest BCUT2D eigenvalue weighted by atomic mass is 16.4. The molecule has 0 fully saturated rings. The zero-order valence-corrected chi connectivity index (χ0v) is 14.3. The third-order valence-electron chi connectivity index (χ3n) is 4.47. The van der Waals surface area contributed by atoms with Crippen LogP contribution in [0.4, 0.5) is 0 Å². The molecule has 0 aliphatic rings. The SMILES string of the molecule is CCCCC(CC)Cn1cc(/C=C(\C#N)C(=O)O)c2ccccc21. The molecule has 0 aliphatic carbocycles. The van der Waals surface area contributed by atoms with Crippen LogP contribution in [0.5, 0.6) is 0 Å². The molecular weight excluding hydrogens is 300 g/mol. The van der Waals surface area contributed by atoms with Crippen LogP contribution in [-0.4, -0.2) is 15.6 Å². The van der Waals surface area contributed by atoms with Gasteiger partial charge >= 0.3 is 5.97 Å². The fraction of sp³-hybridized carbons (Fsp3) is 0.400.